The predicted octanol–water partition coefficient (Wildman–Crippen LogP) is 4.33. The van der Waals surface area contributed by atoms with Crippen LogP contribution in [0.2, 0.25) is 0 Å². The lowest BCUT2D eigenvalue weighted by atomic mass is 9.82. The summed E-state index contributed by atoms with van der Waals surface area (Å²) in [6, 6.07) is 1.01. The summed E-state index contributed by atoms with van der Waals surface area (Å²) in [5, 5.41) is 3.60. The van der Waals surface area contributed by atoms with E-state index in [4.69, 9.17) is 4.74 Å². The minimum Gasteiger partial charge on any atom is -0.444 e. The van der Waals surface area contributed by atoms with Gasteiger partial charge in [-0.1, -0.05) is 32.6 Å². The first-order valence-corrected chi connectivity index (χ1v) is 9.58. The van der Waals surface area contributed by atoms with Gasteiger partial charge in [0.1, 0.15) is 5.60 Å². The van der Waals surface area contributed by atoms with Crippen LogP contribution >= 0.6 is 0 Å². The summed E-state index contributed by atoms with van der Waals surface area (Å²) in [4.78, 5) is 14.7. The van der Waals surface area contributed by atoms with E-state index in [1.807, 2.05) is 25.7 Å². The van der Waals surface area contributed by atoms with Gasteiger partial charge in [-0.05, 0) is 52.4 Å². The highest BCUT2D eigenvalue weighted by molar-refractivity contribution is 5.68. The minimum atomic E-state index is -0.420. The zero-order valence-electron chi connectivity index (χ0n) is 15.6. The molecule has 0 aliphatic heterocycles. The number of carbonyl (C=O) groups excluding carboxylic acids is 1. The molecule has 0 aromatic rings. The zero-order valence-corrected chi connectivity index (χ0v) is 15.6. The van der Waals surface area contributed by atoms with E-state index in [9.17, 15) is 4.79 Å². The molecule has 0 aromatic carbocycles. The Morgan fingerprint density at radius 3 is 2.26 bits per heavy atom. The first-order valence-electron chi connectivity index (χ1n) is 9.58. The number of hydrogen-bond donors (Lipinski definition) is 1. The average Bonchev–Trinajstić information content (AvgIpc) is 2.68. The van der Waals surface area contributed by atoms with Crippen molar-refractivity contribution in [1.29, 1.82) is 0 Å². The van der Waals surface area contributed by atoms with Gasteiger partial charge in [0.15, 0.2) is 0 Å². The van der Waals surface area contributed by atoms with E-state index in [0.29, 0.717) is 12.1 Å². The highest BCUT2D eigenvalue weighted by Gasteiger charge is 2.29. The summed E-state index contributed by atoms with van der Waals surface area (Å²) < 4.78 is 5.67. The molecule has 1 amide bonds. The molecule has 0 saturated heterocycles. The molecule has 0 bridgehead atoms. The quantitative estimate of drug-likeness (QED) is 0.765. The second-order valence-corrected chi connectivity index (χ2v) is 8.55. The van der Waals surface area contributed by atoms with Crippen LogP contribution in [0.3, 0.4) is 0 Å². The molecule has 0 spiro atoms. The topological polar surface area (TPSA) is 41.6 Å². The Morgan fingerprint density at radius 1 is 1.13 bits per heavy atom. The van der Waals surface area contributed by atoms with Gasteiger partial charge in [0.2, 0.25) is 0 Å². The van der Waals surface area contributed by atoms with Crippen LogP contribution in [-0.4, -0.2) is 41.8 Å². The normalized spacial score (nSPS) is 26.3. The lowest BCUT2D eigenvalue weighted by molar-refractivity contribution is 0.0142. The van der Waals surface area contributed by atoms with E-state index < -0.39 is 5.60 Å². The van der Waals surface area contributed by atoms with Gasteiger partial charge in [-0.3, -0.25) is 0 Å². The van der Waals surface area contributed by atoms with Crippen molar-refractivity contribution in [3.63, 3.8) is 0 Å². The second kappa shape index (κ2) is 8.36. The van der Waals surface area contributed by atoms with Gasteiger partial charge in [-0.2, -0.15) is 0 Å². The Labute approximate surface area is 142 Å². The van der Waals surface area contributed by atoms with Crippen LogP contribution in [-0.2, 0) is 4.74 Å². The fraction of sp³-hybridized carbons (Fsp3) is 0.947. The van der Waals surface area contributed by atoms with Crippen LogP contribution in [0.5, 0.6) is 0 Å². The molecule has 2 aliphatic rings. The van der Waals surface area contributed by atoms with Crippen molar-refractivity contribution in [1.82, 2.24) is 10.2 Å². The number of ether oxygens (including phenoxy) is 1. The van der Waals surface area contributed by atoms with Crippen LogP contribution < -0.4 is 5.32 Å². The van der Waals surface area contributed by atoms with Gasteiger partial charge in [-0.15, -0.1) is 0 Å². The summed E-state index contributed by atoms with van der Waals surface area (Å²) in [5.74, 6) is 0.858. The van der Waals surface area contributed by atoms with Gasteiger partial charge in [-0.25, -0.2) is 4.79 Å². The molecule has 1 N–H and O–H groups in total. The van der Waals surface area contributed by atoms with Gasteiger partial charge in [0, 0.05) is 25.2 Å². The molecule has 0 atom stereocenters. The Morgan fingerprint density at radius 2 is 1.74 bits per heavy atom. The molecular weight excluding hydrogens is 288 g/mol. The van der Waals surface area contributed by atoms with E-state index in [2.05, 4.69) is 12.2 Å². The van der Waals surface area contributed by atoms with Crippen molar-refractivity contribution in [2.45, 2.75) is 96.7 Å². The van der Waals surface area contributed by atoms with Crippen LogP contribution in [0.1, 0.15) is 79.1 Å². The SMILES string of the molecule is CC1CC(NCCN(C(=O)OC(C)(C)C)C2CCCCCC2)C1. The van der Waals surface area contributed by atoms with Crippen molar-refractivity contribution in [3.05, 3.63) is 0 Å². The monoisotopic (exact) mass is 324 g/mol. The molecular formula is C19H36N2O2. The zero-order chi connectivity index (χ0) is 16.9. The van der Waals surface area contributed by atoms with Crippen LogP contribution in [0, 0.1) is 5.92 Å². The minimum absolute atomic E-state index is 0.131. The average molecular weight is 325 g/mol. The molecule has 2 saturated carbocycles. The summed E-state index contributed by atoms with van der Waals surface area (Å²) in [6.07, 6.45) is 9.74. The lowest BCUT2D eigenvalue weighted by Crippen LogP contribution is -2.48. The van der Waals surface area contributed by atoms with E-state index >= 15 is 0 Å². The van der Waals surface area contributed by atoms with E-state index in [0.717, 1.165) is 31.8 Å². The maximum atomic E-state index is 12.7. The first kappa shape index (κ1) is 18.6. The molecule has 2 rings (SSSR count). The molecule has 4 nitrogen and oxygen atoms in total. The van der Waals surface area contributed by atoms with Gasteiger partial charge in [0.05, 0.1) is 0 Å². The summed E-state index contributed by atoms with van der Waals surface area (Å²) >= 11 is 0. The highest BCUT2D eigenvalue weighted by atomic mass is 16.6. The third-order valence-electron chi connectivity index (χ3n) is 5.05. The van der Waals surface area contributed by atoms with Crippen molar-refractivity contribution in [2.75, 3.05) is 13.1 Å². The molecule has 2 aliphatic carbocycles. The molecule has 2 fully saturated rings. The van der Waals surface area contributed by atoms with Gasteiger partial charge < -0.3 is 15.0 Å². The highest BCUT2D eigenvalue weighted by Crippen LogP contribution is 2.26. The molecule has 0 unspecified atom stereocenters. The largest absolute Gasteiger partial charge is 0.444 e. The second-order valence-electron chi connectivity index (χ2n) is 8.55. The van der Waals surface area contributed by atoms with Gasteiger partial charge >= 0.3 is 6.09 Å². The number of amides is 1. The van der Waals surface area contributed by atoms with Gasteiger partial charge in [0.25, 0.3) is 0 Å². The Balaban J connectivity index is 1.88. The fourth-order valence-electron chi connectivity index (χ4n) is 3.77. The van der Waals surface area contributed by atoms with Crippen molar-refractivity contribution in [3.8, 4) is 0 Å². The first-order chi connectivity index (χ1) is 10.8. The Hall–Kier alpha value is -0.770. The van der Waals surface area contributed by atoms with Crippen LogP contribution in [0.4, 0.5) is 4.79 Å². The smallest absolute Gasteiger partial charge is 0.410 e. The predicted molar refractivity (Wildman–Crippen MR) is 94.6 cm³/mol. The number of rotatable bonds is 5. The molecule has 0 heterocycles. The standard InChI is InChI=1S/C19H36N2O2/c1-15-13-16(14-15)20-11-12-21(18(22)23-19(2,3)4)17-9-7-5-6-8-10-17/h15-17,20H,5-14H2,1-4H3. The summed E-state index contributed by atoms with van der Waals surface area (Å²) in [6.45, 7) is 9.80. The molecule has 134 valence electrons. The summed E-state index contributed by atoms with van der Waals surface area (Å²) in [7, 11) is 0. The van der Waals surface area contributed by atoms with Crippen LogP contribution in [0.25, 0.3) is 0 Å². The van der Waals surface area contributed by atoms with E-state index in [1.165, 1.54) is 38.5 Å². The Kier molecular flexibility index (Phi) is 6.75. The maximum Gasteiger partial charge on any atom is 0.410 e. The Bertz CT molecular complexity index is 364. The van der Waals surface area contributed by atoms with Crippen molar-refractivity contribution >= 4 is 6.09 Å². The third kappa shape index (κ3) is 6.33. The van der Waals surface area contributed by atoms with Crippen molar-refractivity contribution in [2.24, 2.45) is 5.92 Å². The molecule has 0 aromatic heterocycles. The number of carbonyl (C=O) groups is 1. The van der Waals surface area contributed by atoms with E-state index in [1.54, 1.807) is 0 Å². The fourth-order valence-corrected chi connectivity index (χ4v) is 3.77. The van der Waals surface area contributed by atoms with Crippen molar-refractivity contribution < 1.29 is 9.53 Å². The molecule has 23 heavy (non-hydrogen) atoms. The third-order valence-corrected chi connectivity index (χ3v) is 5.05. The molecule has 4 heteroatoms. The van der Waals surface area contributed by atoms with E-state index in [-0.39, 0.29) is 6.09 Å². The number of nitrogens with one attached hydrogen (secondary N) is 1. The number of nitrogens with zero attached hydrogens (tertiary/aromatic N) is 1. The number of hydrogen-bond acceptors (Lipinski definition) is 3. The lowest BCUT2D eigenvalue weighted by Gasteiger charge is -2.36. The van der Waals surface area contributed by atoms with Crippen LogP contribution in [0.15, 0.2) is 0 Å². The maximum absolute atomic E-state index is 12.7. The summed E-state index contributed by atoms with van der Waals surface area (Å²) in [5.41, 5.74) is -0.420. The molecule has 0 radical (unpaired) electrons.